The largest absolute Gasteiger partial charge is 0.376 e. The first-order valence-corrected chi connectivity index (χ1v) is 5.21. The Bertz CT molecular complexity index is 200. The Morgan fingerprint density at radius 1 is 1.57 bits per heavy atom. The molecule has 0 unspecified atom stereocenters. The van der Waals surface area contributed by atoms with E-state index in [0.29, 0.717) is 6.61 Å². The van der Waals surface area contributed by atoms with Gasteiger partial charge in [0.2, 0.25) is 5.91 Å². The van der Waals surface area contributed by atoms with Crippen LogP contribution >= 0.6 is 0 Å². The van der Waals surface area contributed by atoms with Gasteiger partial charge in [-0.1, -0.05) is 0 Å². The zero-order chi connectivity index (χ0) is 10.6. The molecular weight excluding hydrogens is 180 g/mol. The minimum atomic E-state index is -0.124. The van der Waals surface area contributed by atoms with Gasteiger partial charge in [-0.05, 0) is 33.1 Å². The Morgan fingerprint density at radius 3 is 2.57 bits per heavy atom. The fraction of sp³-hybridized carbons (Fsp3) is 0.900. The van der Waals surface area contributed by atoms with Gasteiger partial charge in [0.15, 0.2) is 0 Å². The minimum Gasteiger partial charge on any atom is -0.376 e. The Labute approximate surface area is 85.2 Å². The third-order valence-electron chi connectivity index (χ3n) is 2.59. The van der Waals surface area contributed by atoms with Gasteiger partial charge in [-0.2, -0.15) is 0 Å². The number of carbonyl (C=O) groups excluding carboxylic acids is 1. The van der Waals surface area contributed by atoms with E-state index in [1.54, 1.807) is 0 Å². The maximum atomic E-state index is 11.2. The van der Waals surface area contributed by atoms with Gasteiger partial charge in [-0.25, -0.2) is 0 Å². The fourth-order valence-corrected chi connectivity index (χ4v) is 1.58. The molecule has 1 aliphatic rings. The van der Waals surface area contributed by atoms with Gasteiger partial charge in [0.25, 0.3) is 0 Å². The third kappa shape index (κ3) is 2.96. The molecule has 3 N–H and O–H groups in total. The maximum Gasteiger partial charge on any atom is 0.234 e. The highest BCUT2D eigenvalue weighted by Crippen LogP contribution is 2.32. The number of hydrogen-bond donors (Lipinski definition) is 2. The van der Waals surface area contributed by atoms with Gasteiger partial charge in [0.1, 0.15) is 0 Å². The molecule has 1 rings (SSSR count). The summed E-state index contributed by atoms with van der Waals surface area (Å²) in [4.78, 5) is 11.2. The van der Waals surface area contributed by atoms with E-state index in [4.69, 9.17) is 10.5 Å². The van der Waals surface area contributed by atoms with Gasteiger partial charge in [0, 0.05) is 0 Å². The predicted octanol–water partition coefficient (Wildman–Crippen LogP) is 0.409. The quantitative estimate of drug-likeness (QED) is 0.675. The zero-order valence-electron chi connectivity index (χ0n) is 9.01. The smallest absolute Gasteiger partial charge is 0.234 e. The van der Waals surface area contributed by atoms with Crippen LogP contribution in [0.15, 0.2) is 0 Å². The first-order chi connectivity index (χ1) is 6.58. The number of nitrogens with two attached hydrogens (primary N) is 1. The van der Waals surface area contributed by atoms with Crippen LogP contribution in [0.25, 0.3) is 0 Å². The van der Waals surface area contributed by atoms with E-state index in [2.05, 4.69) is 5.32 Å². The Kier molecular flexibility index (Phi) is 3.89. The summed E-state index contributed by atoms with van der Waals surface area (Å²) in [5.74, 6) is -0.0861. The Morgan fingerprint density at radius 2 is 2.21 bits per heavy atom. The number of rotatable bonds is 5. The van der Waals surface area contributed by atoms with Crippen molar-refractivity contribution in [1.29, 1.82) is 0 Å². The number of nitrogens with one attached hydrogen (secondary N) is 1. The van der Waals surface area contributed by atoms with Gasteiger partial charge in [-0.3, -0.25) is 4.79 Å². The average molecular weight is 200 g/mol. The first-order valence-electron chi connectivity index (χ1n) is 5.21. The van der Waals surface area contributed by atoms with Crippen molar-refractivity contribution in [1.82, 2.24) is 5.32 Å². The second-order valence-electron chi connectivity index (χ2n) is 4.25. The van der Waals surface area contributed by atoms with Crippen molar-refractivity contribution in [2.75, 3.05) is 13.2 Å². The molecule has 0 spiro atoms. The van der Waals surface area contributed by atoms with Crippen molar-refractivity contribution in [3.05, 3.63) is 0 Å². The summed E-state index contributed by atoms with van der Waals surface area (Å²) in [6.07, 6.45) is 3.38. The molecule has 0 aliphatic heterocycles. The van der Waals surface area contributed by atoms with Crippen LogP contribution in [0.3, 0.4) is 0 Å². The molecule has 0 aromatic rings. The fourth-order valence-electron chi connectivity index (χ4n) is 1.58. The highest BCUT2D eigenvalue weighted by Gasteiger charge is 2.38. The molecule has 0 atom stereocenters. The summed E-state index contributed by atoms with van der Waals surface area (Å²) in [7, 11) is 0. The van der Waals surface area contributed by atoms with Crippen molar-refractivity contribution in [3.63, 3.8) is 0 Å². The lowest BCUT2D eigenvalue weighted by Crippen LogP contribution is -2.58. The average Bonchev–Trinajstić information content (AvgIpc) is 2.08. The van der Waals surface area contributed by atoms with E-state index in [9.17, 15) is 4.79 Å². The van der Waals surface area contributed by atoms with Crippen LogP contribution < -0.4 is 11.1 Å². The lowest BCUT2D eigenvalue weighted by Gasteiger charge is -2.42. The second kappa shape index (κ2) is 4.75. The van der Waals surface area contributed by atoms with Crippen molar-refractivity contribution in [2.45, 2.75) is 44.8 Å². The van der Waals surface area contributed by atoms with Gasteiger partial charge < -0.3 is 15.8 Å². The lowest BCUT2D eigenvalue weighted by atomic mass is 9.77. The summed E-state index contributed by atoms with van der Waals surface area (Å²) < 4.78 is 5.54. The predicted molar refractivity (Wildman–Crippen MR) is 54.9 cm³/mol. The van der Waals surface area contributed by atoms with Crippen molar-refractivity contribution < 1.29 is 9.53 Å². The maximum absolute atomic E-state index is 11.2. The van der Waals surface area contributed by atoms with Gasteiger partial charge in [0.05, 0.1) is 24.8 Å². The topological polar surface area (TPSA) is 64.3 Å². The molecule has 82 valence electrons. The molecule has 1 aliphatic carbocycles. The molecule has 0 aromatic heterocycles. The molecular formula is C10H20N2O2. The Hall–Kier alpha value is -0.610. The molecule has 1 amide bonds. The van der Waals surface area contributed by atoms with E-state index < -0.39 is 0 Å². The summed E-state index contributed by atoms with van der Waals surface area (Å²) in [6, 6.07) is 0. The first kappa shape index (κ1) is 11.5. The summed E-state index contributed by atoms with van der Waals surface area (Å²) >= 11 is 0. The molecule has 0 bridgehead atoms. The van der Waals surface area contributed by atoms with E-state index >= 15 is 0 Å². The minimum absolute atomic E-state index is 0.0590. The van der Waals surface area contributed by atoms with Crippen LogP contribution in [0.5, 0.6) is 0 Å². The molecule has 0 radical (unpaired) electrons. The van der Waals surface area contributed by atoms with Crippen LogP contribution in [0.2, 0.25) is 0 Å². The van der Waals surface area contributed by atoms with Crippen LogP contribution in [-0.4, -0.2) is 30.7 Å². The monoisotopic (exact) mass is 200 g/mol. The number of amides is 1. The van der Waals surface area contributed by atoms with Crippen molar-refractivity contribution in [2.24, 2.45) is 5.73 Å². The van der Waals surface area contributed by atoms with Gasteiger partial charge >= 0.3 is 0 Å². The number of carbonyl (C=O) groups is 1. The molecule has 0 saturated heterocycles. The van der Waals surface area contributed by atoms with Crippen LogP contribution in [0.4, 0.5) is 0 Å². The standard InChI is InChI=1S/C10H20N2O2/c1-8(2)14-7-10(4-3-5-10)12-9(13)6-11/h8H,3-7,11H2,1-2H3,(H,12,13). The summed E-state index contributed by atoms with van der Waals surface area (Å²) in [6.45, 7) is 4.66. The van der Waals surface area contributed by atoms with E-state index in [-0.39, 0.29) is 24.1 Å². The number of hydrogen-bond acceptors (Lipinski definition) is 3. The molecule has 0 aromatic carbocycles. The third-order valence-corrected chi connectivity index (χ3v) is 2.59. The van der Waals surface area contributed by atoms with Crippen LogP contribution in [-0.2, 0) is 9.53 Å². The van der Waals surface area contributed by atoms with E-state index in [1.807, 2.05) is 13.8 Å². The molecule has 0 heterocycles. The van der Waals surface area contributed by atoms with Crippen LogP contribution in [0, 0.1) is 0 Å². The van der Waals surface area contributed by atoms with Gasteiger partial charge in [-0.15, -0.1) is 0 Å². The Balaban J connectivity index is 2.37. The lowest BCUT2D eigenvalue weighted by molar-refractivity contribution is -0.124. The summed E-state index contributed by atoms with van der Waals surface area (Å²) in [5, 5.41) is 2.95. The van der Waals surface area contributed by atoms with Crippen molar-refractivity contribution >= 4 is 5.91 Å². The molecule has 4 heteroatoms. The molecule has 4 nitrogen and oxygen atoms in total. The zero-order valence-corrected chi connectivity index (χ0v) is 9.01. The SMILES string of the molecule is CC(C)OCC1(NC(=O)CN)CCC1. The molecule has 1 saturated carbocycles. The van der Waals surface area contributed by atoms with Crippen molar-refractivity contribution in [3.8, 4) is 0 Å². The van der Waals surface area contributed by atoms with E-state index in [0.717, 1.165) is 19.3 Å². The number of ether oxygens (including phenoxy) is 1. The highest BCUT2D eigenvalue weighted by atomic mass is 16.5. The second-order valence-corrected chi connectivity index (χ2v) is 4.25. The van der Waals surface area contributed by atoms with E-state index in [1.165, 1.54) is 0 Å². The van der Waals surface area contributed by atoms with Crippen LogP contribution in [0.1, 0.15) is 33.1 Å². The summed E-state index contributed by atoms with van der Waals surface area (Å²) in [5.41, 5.74) is 5.14. The highest BCUT2D eigenvalue weighted by molar-refractivity contribution is 5.78. The molecule has 14 heavy (non-hydrogen) atoms. The normalized spacial score (nSPS) is 19.1. The molecule has 1 fully saturated rings.